The molecule has 0 spiro atoms. The molecule has 0 radical (unpaired) electrons. The Morgan fingerprint density at radius 1 is 0.364 bits per heavy atom. The van der Waals surface area contributed by atoms with Crippen molar-refractivity contribution < 1.29 is 0 Å². The van der Waals surface area contributed by atoms with E-state index in [-0.39, 0.29) is 5.92 Å². The maximum absolute atomic E-state index is 2.48. The largest absolute Gasteiger partial charge is 0.309 e. The Morgan fingerprint density at radius 2 is 0.982 bits per heavy atom. The Morgan fingerprint density at radius 3 is 1.80 bits per heavy atom. The lowest BCUT2D eigenvalue weighted by molar-refractivity contribution is 0.795. The van der Waals surface area contributed by atoms with Crippen molar-refractivity contribution in [2.24, 2.45) is 0 Å². The minimum atomic E-state index is 0.279. The topological polar surface area (TPSA) is 4.93 Å². The smallest absolute Gasteiger partial charge is 0.0541 e. The van der Waals surface area contributed by atoms with E-state index in [1.54, 1.807) is 0 Å². The molecule has 1 aromatic heterocycles. The fourth-order valence-corrected chi connectivity index (χ4v) is 9.75. The van der Waals surface area contributed by atoms with Crippen LogP contribution in [0.15, 0.2) is 194 Å². The van der Waals surface area contributed by atoms with Crippen molar-refractivity contribution in [3.8, 4) is 27.9 Å². The SMILES string of the molecule is c1ccc2c(c1)-c1cc(-c3ccc4c(c3)c3ccccc3n4-c3ccc4ccccc4c3)ccc1CC2c1ccc2c3ccccc3c3ccccc3c2c1. The van der Waals surface area contributed by atoms with Gasteiger partial charge in [0.2, 0.25) is 0 Å². The lowest BCUT2D eigenvalue weighted by Gasteiger charge is -2.29. The highest BCUT2D eigenvalue weighted by molar-refractivity contribution is 6.25. The molecule has 0 saturated carbocycles. The highest BCUT2D eigenvalue weighted by atomic mass is 15.0. The van der Waals surface area contributed by atoms with Crippen LogP contribution in [0.1, 0.15) is 22.6 Å². The van der Waals surface area contributed by atoms with Gasteiger partial charge in [0, 0.05) is 22.4 Å². The molecule has 0 fully saturated rings. The predicted octanol–water partition coefficient (Wildman–Crippen LogP) is 14.4. The van der Waals surface area contributed by atoms with Crippen molar-refractivity contribution in [1.82, 2.24) is 4.57 Å². The summed E-state index contributed by atoms with van der Waals surface area (Å²) >= 11 is 0. The van der Waals surface area contributed by atoms with Gasteiger partial charge in [-0.1, -0.05) is 152 Å². The normalized spacial score (nSPS) is 13.9. The van der Waals surface area contributed by atoms with E-state index in [9.17, 15) is 0 Å². The Balaban J connectivity index is 0.969. The van der Waals surface area contributed by atoms with Crippen LogP contribution in [0.4, 0.5) is 0 Å². The quantitative estimate of drug-likeness (QED) is 0.162. The molecular formula is C54H35N. The van der Waals surface area contributed by atoms with Gasteiger partial charge < -0.3 is 4.57 Å². The first-order chi connectivity index (χ1) is 27.3. The van der Waals surface area contributed by atoms with E-state index in [4.69, 9.17) is 0 Å². The van der Waals surface area contributed by atoms with Crippen molar-refractivity contribution in [2.75, 3.05) is 0 Å². The predicted molar refractivity (Wildman–Crippen MR) is 234 cm³/mol. The van der Waals surface area contributed by atoms with Gasteiger partial charge in [0.25, 0.3) is 0 Å². The van der Waals surface area contributed by atoms with Gasteiger partial charge in [-0.3, -0.25) is 0 Å². The lowest BCUT2D eigenvalue weighted by atomic mass is 9.74. The van der Waals surface area contributed by atoms with Crippen LogP contribution in [-0.4, -0.2) is 4.57 Å². The van der Waals surface area contributed by atoms with Crippen molar-refractivity contribution in [3.05, 3.63) is 211 Å². The van der Waals surface area contributed by atoms with E-state index in [0.29, 0.717) is 0 Å². The Kier molecular flexibility index (Phi) is 6.53. The Hall–Kier alpha value is -6.96. The number of benzene rings is 10. The van der Waals surface area contributed by atoms with Crippen LogP contribution in [0.5, 0.6) is 0 Å². The second kappa shape index (κ2) is 11.8. The minimum Gasteiger partial charge on any atom is -0.309 e. The average molecular weight is 698 g/mol. The second-order valence-corrected chi connectivity index (χ2v) is 15.2. The summed E-state index contributed by atoms with van der Waals surface area (Å²) in [5.74, 6) is 0.279. The Bertz CT molecular complexity index is 3330. The molecule has 1 atom stereocenters. The molecule has 0 bridgehead atoms. The number of fused-ring (bicyclic) bond motifs is 13. The van der Waals surface area contributed by atoms with Crippen molar-refractivity contribution >= 4 is 64.9 Å². The third-order valence-corrected chi connectivity index (χ3v) is 12.3. The molecule has 1 unspecified atom stereocenters. The van der Waals surface area contributed by atoms with Crippen LogP contribution in [0.2, 0.25) is 0 Å². The van der Waals surface area contributed by atoms with Crippen molar-refractivity contribution in [1.29, 1.82) is 0 Å². The monoisotopic (exact) mass is 697 g/mol. The number of nitrogens with zero attached hydrogens (tertiary/aromatic N) is 1. The summed E-state index contributed by atoms with van der Waals surface area (Å²) in [6.45, 7) is 0. The van der Waals surface area contributed by atoms with E-state index in [0.717, 1.165) is 6.42 Å². The third kappa shape index (κ3) is 4.60. The zero-order chi connectivity index (χ0) is 36.0. The molecule has 0 aliphatic heterocycles. The van der Waals surface area contributed by atoms with Crippen LogP contribution in [-0.2, 0) is 6.42 Å². The van der Waals surface area contributed by atoms with E-state index in [1.807, 2.05) is 0 Å². The molecule has 55 heavy (non-hydrogen) atoms. The molecule has 10 aromatic carbocycles. The summed E-state index contributed by atoms with van der Waals surface area (Å²) in [5.41, 5.74) is 13.0. The lowest BCUT2D eigenvalue weighted by Crippen LogP contribution is -2.12. The molecule has 0 amide bonds. The van der Waals surface area contributed by atoms with E-state index >= 15 is 0 Å². The standard InChI is InChI=1S/C54H35N/c1-2-12-35-29-40(26-23-34(35)11-1)55-53-20-10-9-19-48(53)52-31-37(25-28-54(52)55)36-21-22-38-32-50(45-17-7-6-16-44(45)49(38)30-36)39-24-27-47-43-15-4-3-13-41(43)42-14-5-8-18-46(42)51(47)33-39/h1-31,33,50H,32H2. The highest BCUT2D eigenvalue weighted by Gasteiger charge is 2.27. The zero-order valence-electron chi connectivity index (χ0n) is 30.2. The summed E-state index contributed by atoms with van der Waals surface area (Å²) in [4.78, 5) is 0. The molecule has 1 aliphatic carbocycles. The summed E-state index contributed by atoms with van der Waals surface area (Å²) in [7, 11) is 0. The van der Waals surface area contributed by atoms with E-state index in [1.165, 1.54) is 110 Å². The van der Waals surface area contributed by atoms with Crippen LogP contribution < -0.4 is 0 Å². The first kappa shape index (κ1) is 30.5. The average Bonchev–Trinajstić information content (AvgIpc) is 3.59. The molecule has 1 heteroatoms. The van der Waals surface area contributed by atoms with Gasteiger partial charge in [0.05, 0.1) is 11.0 Å². The molecule has 1 aliphatic rings. The zero-order valence-corrected chi connectivity index (χ0v) is 30.2. The van der Waals surface area contributed by atoms with Gasteiger partial charge in [0.15, 0.2) is 0 Å². The first-order valence-corrected chi connectivity index (χ1v) is 19.3. The number of aromatic nitrogens is 1. The molecule has 0 saturated heterocycles. The van der Waals surface area contributed by atoms with Gasteiger partial charge >= 0.3 is 0 Å². The van der Waals surface area contributed by atoms with Crippen LogP contribution in [0, 0.1) is 0 Å². The number of para-hydroxylation sites is 1. The fraction of sp³-hybridized carbons (Fsp3) is 0.0370. The molecule has 12 rings (SSSR count). The van der Waals surface area contributed by atoms with Crippen LogP contribution in [0.25, 0.3) is 92.8 Å². The van der Waals surface area contributed by atoms with Gasteiger partial charge in [-0.05, 0) is 131 Å². The molecule has 1 nitrogen and oxygen atoms in total. The van der Waals surface area contributed by atoms with Gasteiger partial charge in [-0.25, -0.2) is 0 Å². The number of rotatable bonds is 3. The van der Waals surface area contributed by atoms with Gasteiger partial charge in [0.1, 0.15) is 0 Å². The minimum absolute atomic E-state index is 0.279. The van der Waals surface area contributed by atoms with Gasteiger partial charge in [-0.2, -0.15) is 0 Å². The van der Waals surface area contributed by atoms with E-state index in [2.05, 4.69) is 199 Å². The number of hydrogen-bond donors (Lipinski definition) is 0. The molecule has 0 N–H and O–H groups in total. The van der Waals surface area contributed by atoms with Gasteiger partial charge in [-0.15, -0.1) is 0 Å². The third-order valence-electron chi connectivity index (χ3n) is 12.3. The fourth-order valence-electron chi connectivity index (χ4n) is 9.75. The molecule has 1 heterocycles. The summed E-state index contributed by atoms with van der Waals surface area (Å²) < 4.78 is 2.42. The molecule has 256 valence electrons. The Labute approximate surface area is 319 Å². The van der Waals surface area contributed by atoms with Crippen LogP contribution >= 0.6 is 0 Å². The maximum Gasteiger partial charge on any atom is 0.0541 e. The molecule has 11 aromatic rings. The molecular weight excluding hydrogens is 663 g/mol. The highest BCUT2D eigenvalue weighted by Crippen LogP contribution is 2.46. The summed E-state index contributed by atoms with van der Waals surface area (Å²) in [6, 6.07) is 72.5. The summed E-state index contributed by atoms with van der Waals surface area (Å²) in [5, 5.41) is 13.0. The van der Waals surface area contributed by atoms with E-state index < -0.39 is 0 Å². The van der Waals surface area contributed by atoms with Crippen molar-refractivity contribution in [3.63, 3.8) is 0 Å². The second-order valence-electron chi connectivity index (χ2n) is 15.2. The summed E-state index contributed by atoms with van der Waals surface area (Å²) in [6.07, 6.45) is 0.974. The maximum atomic E-state index is 2.48. The van der Waals surface area contributed by atoms with Crippen molar-refractivity contribution in [2.45, 2.75) is 12.3 Å². The van der Waals surface area contributed by atoms with Crippen LogP contribution in [0.3, 0.4) is 0 Å². The first-order valence-electron chi connectivity index (χ1n) is 19.3. The number of hydrogen-bond acceptors (Lipinski definition) is 0.